The molecule has 21 heavy (non-hydrogen) atoms. The molecule has 1 aromatic carbocycles. The highest BCUT2D eigenvalue weighted by Crippen LogP contribution is 2.35. The maximum atomic E-state index is 11.1. The minimum Gasteiger partial charge on any atom is -0.264 e. The van der Waals surface area contributed by atoms with Crippen molar-refractivity contribution in [1.29, 1.82) is 0 Å². The second kappa shape index (κ2) is 5.49. The molecule has 7 nitrogen and oxygen atoms in total. The number of aromatic nitrogens is 4. The Morgan fingerprint density at radius 3 is 2.90 bits per heavy atom. The van der Waals surface area contributed by atoms with Crippen LogP contribution in [0.25, 0.3) is 10.8 Å². The quantitative estimate of drug-likeness (QED) is 0.587. The Morgan fingerprint density at radius 2 is 2.19 bits per heavy atom. The zero-order valence-electron chi connectivity index (χ0n) is 11.1. The van der Waals surface area contributed by atoms with E-state index in [2.05, 4.69) is 20.2 Å². The van der Waals surface area contributed by atoms with Crippen LogP contribution in [-0.2, 0) is 6.42 Å². The Labute approximate surface area is 124 Å². The van der Waals surface area contributed by atoms with Gasteiger partial charge in [-0.15, -0.1) is 5.10 Å². The Hall–Kier alpha value is -2.48. The maximum Gasteiger partial charge on any atom is 0.278 e. The molecule has 0 atom stereocenters. The van der Waals surface area contributed by atoms with Gasteiger partial charge in [-0.05, 0) is 23.9 Å². The number of nitrogens with one attached hydrogen (secondary N) is 1. The SMILES string of the molecule is CCc1nc(Sc2ccc([N+](=O)[O-])c3cnccc23)n[nH]1. The van der Waals surface area contributed by atoms with E-state index in [-0.39, 0.29) is 5.69 Å². The highest BCUT2D eigenvalue weighted by atomic mass is 32.2. The van der Waals surface area contributed by atoms with Crippen molar-refractivity contribution in [2.45, 2.75) is 23.4 Å². The fourth-order valence-corrected chi connectivity index (χ4v) is 2.84. The minimum atomic E-state index is -0.402. The molecule has 106 valence electrons. The number of benzene rings is 1. The van der Waals surface area contributed by atoms with Crippen molar-refractivity contribution < 1.29 is 4.92 Å². The van der Waals surface area contributed by atoms with E-state index in [4.69, 9.17) is 0 Å². The number of non-ortho nitro benzene ring substituents is 1. The van der Waals surface area contributed by atoms with Gasteiger partial charge in [0.2, 0.25) is 5.16 Å². The van der Waals surface area contributed by atoms with Crippen molar-refractivity contribution >= 4 is 28.2 Å². The molecule has 0 aliphatic carbocycles. The fraction of sp³-hybridized carbons (Fsp3) is 0.154. The van der Waals surface area contributed by atoms with Gasteiger partial charge < -0.3 is 0 Å². The first-order valence-electron chi connectivity index (χ1n) is 6.29. The number of H-pyrrole nitrogens is 1. The standard InChI is InChI=1S/C13H11N5O2S/c1-2-12-15-13(17-16-12)21-11-4-3-10(18(19)20)9-7-14-6-5-8(9)11/h3-7H,2H2,1H3,(H,15,16,17). The van der Waals surface area contributed by atoms with Crippen LogP contribution in [0, 0.1) is 10.1 Å². The van der Waals surface area contributed by atoms with Gasteiger partial charge in [-0.2, -0.15) is 0 Å². The lowest BCUT2D eigenvalue weighted by Gasteiger charge is -2.04. The Kier molecular flexibility index (Phi) is 3.53. The minimum absolute atomic E-state index is 0.0479. The van der Waals surface area contributed by atoms with Gasteiger partial charge in [-0.3, -0.25) is 20.2 Å². The molecule has 0 aliphatic rings. The Bertz CT molecular complexity index is 817. The van der Waals surface area contributed by atoms with E-state index in [1.165, 1.54) is 24.0 Å². The van der Waals surface area contributed by atoms with Crippen LogP contribution in [0.1, 0.15) is 12.7 Å². The van der Waals surface area contributed by atoms with Gasteiger partial charge in [0.05, 0.1) is 10.3 Å². The van der Waals surface area contributed by atoms with Gasteiger partial charge in [0, 0.05) is 35.2 Å². The molecule has 1 N–H and O–H groups in total. The van der Waals surface area contributed by atoms with E-state index < -0.39 is 4.92 Å². The van der Waals surface area contributed by atoms with Crippen molar-refractivity contribution in [3.8, 4) is 0 Å². The monoisotopic (exact) mass is 301 g/mol. The molecule has 0 aliphatic heterocycles. The third kappa shape index (κ3) is 2.57. The van der Waals surface area contributed by atoms with Gasteiger partial charge >= 0.3 is 0 Å². The van der Waals surface area contributed by atoms with Gasteiger partial charge in [0.25, 0.3) is 5.69 Å². The van der Waals surface area contributed by atoms with E-state index in [0.29, 0.717) is 10.5 Å². The predicted molar refractivity (Wildman–Crippen MR) is 78.3 cm³/mol. The number of aryl methyl sites for hydroxylation is 1. The summed E-state index contributed by atoms with van der Waals surface area (Å²) in [5.41, 5.74) is 0.0479. The zero-order chi connectivity index (χ0) is 14.8. The summed E-state index contributed by atoms with van der Waals surface area (Å²) in [6.45, 7) is 1.99. The zero-order valence-corrected chi connectivity index (χ0v) is 11.9. The number of nitro groups is 1. The summed E-state index contributed by atoms with van der Waals surface area (Å²) in [4.78, 5) is 19.8. The lowest BCUT2D eigenvalue weighted by Crippen LogP contribution is -1.91. The van der Waals surface area contributed by atoms with Crippen LogP contribution in [0.2, 0.25) is 0 Å². The molecule has 0 unspecified atom stereocenters. The smallest absolute Gasteiger partial charge is 0.264 e. The van der Waals surface area contributed by atoms with Crippen molar-refractivity contribution in [3.63, 3.8) is 0 Å². The van der Waals surface area contributed by atoms with Gasteiger partial charge in [-0.1, -0.05) is 6.92 Å². The number of aromatic amines is 1. The molecule has 0 spiro atoms. The number of hydrogen-bond acceptors (Lipinski definition) is 6. The lowest BCUT2D eigenvalue weighted by molar-refractivity contribution is -0.383. The van der Waals surface area contributed by atoms with Crippen LogP contribution >= 0.6 is 11.8 Å². The van der Waals surface area contributed by atoms with Gasteiger partial charge in [0.1, 0.15) is 5.82 Å². The topological polar surface area (TPSA) is 97.6 Å². The van der Waals surface area contributed by atoms with Gasteiger partial charge in [0.15, 0.2) is 0 Å². The third-order valence-corrected chi connectivity index (χ3v) is 3.94. The summed E-state index contributed by atoms with van der Waals surface area (Å²) in [7, 11) is 0. The summed E-state index contributed by atoms with van der Waals surface area (Å²) >= 11 is 1.37. The van der Waals surface area contributed by atoms with Crippen molar-refractivity contribution in [1.82, 2.24) is 20.2 Å². The van der Waals surface area contributed by atoms with E-state index in [0.717, 1.165) is 22.5 Å². The largest absolute Gasteiger partial charge is 0.278 e. The molecule has 8 heteroatoms. The highest BCUT2D eigenvalue weighted by molar-refractivity contribution is 7.99. The predicted octanol–water partition coefficient (Wildman–Crippen LogP) is 2.97. The molecule has 0 saturated heterocycles. The molecule has 2 heterocycles. The van der Waals surface area contributed by atoms with Gasteiger partial charge in [-0.25, -0.2) is 4.98 Å². The molecule has 0 radical (unpaired) electrons. The van der Waals surface area contributed by atoms with E-state index in [9.17, 15) is 10.1 Å². The number of pyridine rings is 1. The number of nitro benzene ring substituents is 1. The van der Waals surface area contributed by atoms with E-state index in [1.54, 1.807) is 18.3 Å². The van der Waals surface area contributed by atoms with E-state index >= 15 is 0 Å². The van der Waals surface area contributed by atoms with Crippen molar-refractivity contribution in [2.24, 2.45) is 0 Å². The molecule has 0 fully saturated rings. The summed E-state index contributed by atoms with van der Waals surface area (Å²) in [5.74, 6) is 0.811. The molecular formula is C13H11N5O2S. The average Bonchev–Trinajstić information content (AvgIpc) is 2.95. The number of rotatable bonds is 4. The molecule has 0 saturated carbocycles. The molecule has 2 aromatic heterocycles. The highest BCUT2D eigenvalue weighted by Gasteiger charge is 2.16. The summed E-state index contributed by atoms with van der Waals surface area (Å²) in [5, 5.41) is 19.9. The second-order valence-corrected chi connectivity index (χ2v) is 5.29. The van der Waals surface area contributed by atoms with Crippen molar-refractivity contribution in [2.75, 3.05) is 0 Å². The number of fused-ring (bicyclic) bond motifs is 1. The molecule has 3 aromatic rings. The molecule has 0 bridgehead atoms. The summed E-state index contributed by atoms with van der Waals surface area (Å²) < 4.78 is 0. The normalized spacial score (nSPS) is 10.9. The van der Waals surface area contributed by atoms with Crippen LogP contribution in [0.4, 0.5) is 5.69 Å². The lowest BCUT2D eigenvalue weighted by atomic mass is 10.1. The Morgan fingerprint density at radius 1 is 1.33 bits per heavy atom. The summed E-state index contributed by atoms with van der Waals surface area (Å²) in [6, 6.07) is 4.96. The van der Waals surface area contributed by atoms with Crippen LogP contribution in [-0.4, -0.2) is 25.1 Å². The molecular weight excluding hydrogens is 290 g/mol. The second-order valence-electron chi connectivity index (χ2n) is 4.28. The van der Waals surface area contributed by atoms with Crippen LogP contribution in [0.5, 0.6) is 0 Å². The number of hydrogen-bond donors (Lipinski definition) is 1. The van der Waals surface area contributed by atoms with Crippen LogP contribution in [0.15, 0.2) is 40.6 Å². The fourth-order valence-electron chi connectivity index (χ4n) is 1.98. The maximum absolute atomic E-state index is 11.1. The van der Waals surface area contributed by atoms with Crippen molar-refractivity contribution in [3.05, 3.63) is 46.5 Å². The first-order chi connectivity index (χ1) is 10.2. The summed E-state index contributed by atoms with van der Waals surface area (Å²) in [6.07, 6.45) is 3.90. The average molecular weight is 301 g/mol. The number of nitrogens with zero attached hydrogens (tertiary/aromatic N) is 4. The van der Waals surface area contributed by atoms with Crippen LogP contribution in [0.3, 0.4) is 0 Å². The molecule has 0 amide bonds. The first kappa shape index (κ1) is 13.5. The Balaban J connectivity index is 2.07. The van der Waals surface area contributed by atoms with E-state index in [1.807, 2.05) is 6.92 Å². The van der Waals surface area contributed by atoms with Crippen LogP contribution < -0.4 is 0 Å². The first-order valence-corrected chi connectivity index (χ1v) is 7.11. The third-order valence-electron chi connectivity index (χ3n) is 3.00. The molecule has 3 rings (SSSR count).